The summed E-state index contributed by atoms with van der Waals surface area (Å²) in [7, 11) is -3.99. The Bertz CT molecular complexity index is 1350. The minimum Gasteiger partial charge on any atom is -0.494 e. The van der Waals surface area contributed by atoms with Gasteiger partial charge >= 0.3 is 5.97 Å². The molecule has 0 aliphatic rings. The number of aryl methyl sites for hydroxylation is 1. The fourth-order valence-electron chi connectivity index (χ4n) is 3.53. The van der Waals surface area contributed by atoms with Gasteiger partial charge in [-0.25, -0.2) is 12.4 Å². The van der Waals surface area contributed by atoms with Gasteiger partial charge < -0.3 is 9.84 Å². The van der Waals surface area contributed by atoms with E-state index in [1.54, 1.807) is 48.7 Å². The van der Waals surface area contributed by atoms with Crippen LogP contribution in [0.5, 0.6) is 5.75 Å². The molecule has 2 aromatic heterocycles. The first-order valence-corrected chi connectivity index (χ1v) is 10.9. The summed E-state index contributed by atoms with van der Waals surface area (Å²) in [4.78, 5) is 15.4. The summed E-state index contributed by atoms with van der Waals surface area (Å²) in [5.74, 6) is -0.400. The highest BCUT2D eigenvalue weighted by molar-refractivity contribution is 7.90. The standard InChI is InChI=1S/C22H20N2O5S/c1-2-29-17-9-10-18-16(8-11-21(25)26)14-24(19(18)13-17)30(27,28)20-7-3-5-15-6-4-12-23-22(15)20/h3-7,9-10,12-14H,2,8,11H2,1H3,(H,25,26). The maximum atomic E-state index is 13.6. The van der Waals surface area contributed by atoms with Crippen LogP contribution in [0.1, 0.15) is 18.9 Å². The highest BCUT2D eigenvalue weighted by Crippen LogP contribution is 2.31. The fraction of sp³-hybridized carbons (Fsp3) is 0.182. The summed E-state index contributed by atoms with van der Waals surface area (Å²) >= 11 is 0. The molecular weight excluding hydrogens is 404 g/mol. The summed E-state index contributed by atoms with van der Waals surface area (Å²) in [6, 6.07) is 13.8. The third-order valence-electron chi connectivity index (χ3n) is 4.88. The quantitative estimate of drug-likeness (QED) is 0.484. The van der Waals surface area contributed by atoms with Crippen LogP contribution in [-0.2, 0) is 21.2 Å². The number of hydrogen-bond acceptors (Lipinski definition) is 5. The van der Waals surface area contributed by atoms with Crippen LogP contribution in [0, 0.1) is 0 Å². The number of carboxylic acids is 1. The van der Waals surface area contributed by atoms with E-state index in [9.17, 15) is 13.2 Å². The molecule has 0 radical (unpaired) electrons. The van der Waals surface area contributed by atoms with Crippen LogP contribution >= 0.6 is 0 Å². The minimum atomic E-state index is -3.99. The van der Waals surface area contributed by atoms with Crippen molar-refractivity contribution in [2.45, 2.75) is 24.7 Å². The van der Waals surface area contributed by atoms with Crippen molar-refractivity contribution < 1.29 is 23.1 Å². The monoisotopic (exact) mass is 424 g/mol. The topological polar surface area (TPSA) is 98.5 Å². The zero-order valence-electron chi connectivity index (χ0n) is 16.3. The Balaban J connectivity index is 1.95. The van der Waals surface area contributed by atoms with Crippen LogP contribution in [0.25, 0.3) is 21.8 Å². The summed E-state index contributed by atoms with van der Waals surface area (Å²) in [5, 5.41) is 10.5. The molecule has 0 unspecified atom stereocenters. The number of benzene rings is 2. The molecule has 4 rings (SSSR count). The molecule has 0 atom stereocenters. The Morgan fingerprint density at radius 3 is 2.73 bits per heavy atom. The van der Waals surface area contributed by atoms with Crippen LogP contribution in [0.15, 0.2) is 65.8 Å². The second kappa shape index (κ2) is 7.79. The average Bonchev–Trinajstić information content (AvgIpc) is 3.11. The Hall–Kier alpha value is -3.39. The zero-order chi connectivity index (χ0) is 21.3. The number of carboxylic acid groups (broad SMARTS) is 1. The predicted molar refractivity (Wildman–Crippen MR) is 113 cm³/mol. The number of fused-ring (bicyclic) bond motifs is 2. The van der Waals surface area contributed by atoms with E-state index in [0.717, 1.165) is 5.39 Å². The first-order valence-electron chi connectivity index (χ1n) is 9.49. The molecule has 1 N–H and O–H groups in total. The largest absolute Gasteiger partial charge is 0.494 e. The first kappa shape index (κ1) is 19.9. The van der Waals surface area contributed by atoms with Gasteiger partial charge in [-0.3, -0.25) is 9.78 Å². The van der Waals surface area contributed by atoms with Crippen molar-refractivity contribution in [2.75, 3.05) is 6.61 Å². The second-order valence-corrected chi connectivity index (χ2v) is 8.58. The van der Waals surface area contributed by atoms with Gasteiger partial charge in [-0.2, -0.15) is 0 Å². The van der Waals surface area contributed by atoms with Crippen molar-refractivity contribution in [3.63, 3.8) is 0 Å². The van der Waals surface area contributed by atoms with Crippen LogP contribution in [-0.4, -0.2) is 35.1 Å². The number of pyridine rings is 1. The molecule has 2 heterocycles. The van der Waals surface area contributed by atoms with Gasteiger partial charge in [0, 0.05) is 35.7 Å². The van der Waals surface area contributed by atoms with Gasteiger partial charge in [0.15, 0.2) is 0 Å². The van der Waals surface area contributed by atoms with Crippen molar-refractivity contribution in [1.82, 2.24) is 8.96 Å². The third-order valence-corrected chi connectivity index (χ3v) is 6.58. The second-order valence-electron chi connectivity index (χ2n) is 6.79. The predicted octanol–water partition coefficient (Wildman–Crippen LogP) is 3.84. The number of aromatic nitrogens is 2. The molecule has 0 fully saturated rings. The average molecular weight is 424 g/mol. The van der Waals surface area contributed by atoms with Crippen molar-refractivity contribution in [2.24, 2.45) is 0 Å². The van der Waals surface area contributed by atoms with Crippen LogP contribution in [0.3, 0.4) is 0 Å². The summed E-state index contributed by atoms with van der Waals surface area (Å²) in [5.41, 5.74) is 1.47. The van der Waals surface area contributed by atoms with Gasteiger partial charge in [0.05, 0.1) is 17.6 Å². The van der Waals surface area contributed by atoms with E-state index in [1.165, 1.54) is 16.2 Å². The molecule has 0 amide bonds. The Morgan fingerprint density at radius 2 is 1.97 bits per heavy atom. The third kappa shape index (κ3) is 3.50. The maximum absolute atomic E-state index is 13.6. The molecule has 2 aromatic carbocycles. The number of hydrogen-bond donors (Lipinski definition) is 1. The van der Waals surface area contributed by atoms with Crippen LogP contribution in [0.4, 0.5) is 0 Å². The van der Waals surface area contributed by atoms with Gasteiger partial charge in [0.1, 0.15) is 10.6 Å². The van der Waals surface area contributed by atoms with Gasteiger partial charge in [0.2, 0.25) is 0 Å². The van der Waals surface area contributed by atoms with Gasteiger partial charge in [-0.15, -0.1) is 0 Å². The zero-order valence-corrected chi connectivity index (χ0v) is 17.1. The molecule has 0 saturated carbocycles. The number of aliphatic carboxylic acids is 1. The van der Waals surface area contributed by atoms with Crippen molar-refractivity contribution in [1.29, 1.82) is 0 Å². The molecule has 0 aliphatic carbocycles. The van der Waals surface area contributed by atoms with Crippen molar-refractivity contribution >= 4 is 37.8 Å². The number of rotatable bonds is 7. The highest BCUT2D eigenvalue weighted by Gasteiger charge is 2.24. The van der Waals surface area contributed by atoms with Crippen molar-refractivity contribution in [3.05, 3.63) is 66.5 Å². The van der Waals surface area contributed by atoms with Gasteiger partial charge in [0.25, 0.3) is 10.0 Å². The van der Waals surface area contributed by atoms with Gasteiger partial charge in [-0.1, -0.05) is 18.2 Å². The fourth-order valence-corrected chi connectivity index (χ4v) is 5.09. The van der Waals surface area contributed by atoms with Crippen LogP contribution < -0.4 is 4.74 Å². The molecule has 0 aliphatic heterocycles. The molecule has 30 heavy (non-hydrogen) atoms. The Morgan fingerprint density at radius 1 is 1.17 bits per heavy atom. The molecule has 4 aromatic rings. The lowest BCUT2D eigenvalue weighted by atomic mass is 10.1. The summed E-state index contributed by atoms with van der Waals surface area (Å²) < 4.78 is 34.0. The summed E-state index contributed by atoms with van der Waals surface area (Å²) in [6.07, 6.45) is 3.18. The lowest BCUT2D eigenvalue weighted by Crippen LogP contribution is -2.13. The van der Waals surface area contributed by atoms with Gasteiger partial charge in [-0.05, 0) is 43.2 Å². The van der Waals surface area contributed by atoms with Crippen LogP contribution in [0.2, 0.25) is 0 Å². The van der Waals surface area contributed by atoms with E-state index in [2.05, 4.69) is 4.98 Å². The molecule has 8 heteroatoms. The summed E-state index contributed by atoms with van der Waals surface area (Å²) in [6.45, 7) is 2.29. The van der Waals surface area contributed by atoms with E-state index in [4.69, 9.17) is 9.84 Å². The molecule has 0 bridgehead atoms. The lowest BCUT2D eigenvalue weighted by Gasteiger charge is -2.10. The maximum Gasteiger partial charge on any atom is 0.303 e. The first-order chi connectivity index (χ1) is 14.4. The van der Waals surface area contributed by atoms with E-state index in [-0.39, 0.29) is 17.7 Å². The number of ether oxygens (including phenoxy) is 1. The Labute approximate surface area is 173 Å². The lowest BCUT2D eigenvalue weighted by molar-refractivity contribution is -0.136. The van der Waals surface area contributed by atoms with E-state index in [0.29, 0.717) is 34.3 Å². The Kier molecular flexibility index (Phi) is 5.17. The highest BCUT2D eigenvalue weighted by atomic mass is 32.2. The number of para-hydroxylation sites is 1. The number of nitrogens with zero attached hydrogens (tertiary/aromatic N) is 2. The molecule has 154 valence electrons. The molecule has 7 nitrogen and oxygen atoms in total. The molecule has 0 saturated heterocycles. The van der Waals surface area contributed by atoms with Crippen molar-refractivity contribution in [3.8, 4) is 5.75 Å². The minimum absolute atomic E-state index is 0.0871. The van der Waals surface area contributed by atoms with E-state index < -0.39 is 16.0 Å². The van der Waals surface area contributed by atoms with E-state index in [1.807, 2.05) is 6.92 Å². The normalized spacial score (nSPS) is 11.8. The SMILES string of the molecule is CCOc1ccc2c(CCC(=O)O)cn(S(=O)(=O)c3cccc4cccnc34)c2c1. The number of carbonyl (C=O) groups is 1. The smallest absolute Gasteiger partial charge is 0.303 e. The molecular formula is C22H20N2O5S. The molecule has 0 spiro atoms. The van der Waals surface area contributed by atoms with E-state index >= 15 is 0 Å².